The second-order valence-corrected chi connectivity index (χ2v) is 6.38. The third-order valence-electron chi connectivity index (χ3n) is 4.65. The van der Waals surface area contributed by atoms with Gasteiger partial charge in [-0.1, -0.05) is 36.7 Å². The summed E-state index contributed by atoms with van der Waals surface area (Å²) in [6, 6.07) is 8.21. The molecular formula is C17H27ClN2O. The van der Waals surface area contributed by atoms with Crippen LogP contribution in [0.1, 0.15) is 37.9 Å². The van der Waals surface area contributed by atoms with E-state index in [-0.39, 0.29) is 0 Å². The van der Waals surface area contributed by atoms with E-state index in [9.17, 15) is 5.11 Å². The quantitative estimate of drug-likeness (QED) is 0.874. The van der Waals surface area contributed by atoms with Gasteiger partial charge < -0.3 is 14.9 Å². The van der Waals surface area contributed by atoms with Crippen LogP contribution in [-0.2, 0) is 0 Å². The predicted molar refractivity (Wildman–Crippen MR) is 88.8 cm³/mol. The van der Waals surface area contributed by atoms with Crippen molar-refractivity contribution in [3.8, 4) is 0 Å². The summed E-state index contributed by atoms with van der Waals surface area (Å²) in [5.41, 5.74) is 0.841. The van der Waals surface area contributed by atoms with Gasteiger partial charge in [0.1, 0.15) is 0 Å². The van der Waals surface area contributed by atoms with E-state index in [1.165, 1.54) is 25.9 Å². The van der Waals surface area contributed by atoms with Crippen LogP contribution in [0.2, 0.25) is 5.02 Å². The molecule has 1 saturated heterocycles. The lowest BCUT2D eigenvalue weighted by Crippen LogP contribution is -2.43. The van der Waals surface area contributed by atoms with Crippen molar-refractivity contribution in [2.24, 2.45) is 0 Å². The highest BCUT2D eigenvalue weighted by Crippen LogP contribution is 2.25. The molecule has 2 rings (SSSR count). The lowest BCUT2D eigenvalue weighted by Gasteiger charge is -2.36. The Morgan fingerprint density at radius 1 is 1.33 bits per heavy atom. The molecule has 1 unspecified atom stereocenters. The number of nitrogens with zero attached hydrogens (tertiary/aromatic N) is 2. The number of hydrogen-bond donors (Lipinski definition) is 1. The van der Waals surface area contributed by atoms with E-state index in [1.807, 2.05) is 24.3 Å². The minimum absolute atomic E-state index is 0.475. The molecule has 0 amide bonds. The zero-order valence-electron chi connectivity index (χ0n) is 13.1. The molecule has 3 nitrogen and oxygen atoms in total. The van der Waals surface area contributed by atoms with Gasteiger partial charge in [-0.25, -0.2) is 0 Å². The van der Waals surface area contributed by atoms with Gasteiger partial charge in [0, 0.05) is 17.6 Å². The van der Waals surface area contributed by atoms with Crippen LogP contribution in [0.5, 0.6) is 0 Å². The molecule has 1 heterocycles. The minimum atomic E-state index is -0.475. The van der Waals surface area contributed by atoms with E-state index in [1.54, 1.807) is 0 Å². The fourth-order valence-corrected chi connectivity index (χ4v) is 3.35. The third kappa shape index (κ3) is 4.68. The lowest BCUT2D eigenvalue weighted by molar-refractivity contribution is 0.104. The highest BCUT2D eigenvalue weighted by molar-refractivity contribution is 6.31. The van der Waals surface area contributed by atoms with Gasteiger partial charge in [0.25, 0.3) is 0 Å². The first-order chi connectivity index (χ1) is 10.1. The van der Waals surface area contributed by atoms with Crippen molar-refractivity contribution in [2.75, 3.05) is 33.2 Å². The highest BCUT2D eigenvalue weighted by atomic mass is 35.5. The summed E-state index contributed by atoms with van der Waals surface area (Å²) in [6.07, 6.45) is 2.71. The van der Waals surface area contributed by atoms with Gasteiger partial charge in [0.15, 0.2) is 0 Å². The smallest absolute Gasteiger partial charge is 0.0816 e. The molecule has 1 aromatic rings. The molecule has 4 heteroatoms. The Bertz CT molecular complexity index is 433. The normalized spacial score (nSPS) is 19.1. The van der Waals surface area contributed by atoms with E-state index >= 15 is 0 Å². The van der Waals surface area contributed by atoms with Gasteiger partial charge in [-0.15, -0.1) is 0 Å². The predicted octanol–water partition coefficient (Wildman–Crippen LogP) is 3.18. The van der Waals surface area contributed by atoms with Crippen LogP contribution in [-0.4, -0.2) is 54.2 Å². The number of piperidine rings is 1. The largest absolute Gasteiger partial charge is 0.388 e. The van der Waals surface area contributed by atoms with Crippen LogP contribution >= 0.6 is 11.6 Å². The standard InChI is InChI=1S/C17H27ClN2O/c1-3-20-12-8-14(9-13-20)19(2)11-10-17(21)15-6-4-5-7-16(15)18/h4-7,14,17,21H,3,8-13H2,1-2H3. The Hall–Kier alpha value is -0.610. The van der Waals surface area contributed by atoms with Gasteiger partial charge in [-0.05, 0) is 57.6 Å². The first-order valence-electron chi connectivity index (χ1n) is 7.97. The average Bonchev–Trinajstić information content (AvgIpc) is 2.52. The Balaban J connectivity index is 1.79. The molecule has 0 aliphatic carbocycles. The summed E-state index contributed by atoms with van der Waals surface area (Å²) in [5, 5.41) is 11.0. The molecule has 1 aliphatic heterocycles. The second kappa shape index (κ2) is 8.14. The van der Waals surface area contributed by atoms with E-state index in [4.69, 9.17) is 11.6 Å². The SMILES string of the molecule is CCN1CCC(N(C)CCC(O)c2ccccc2Cl)CC1. The van der Waals surface area contributed by atoms with Gasteiger partial charge in [-0.2, -0.15) is 0 Å². The van der Waals surface area contributed by atoms with Gasteiger partial charge in [0.05, 0.1) is 6.10 Å². The molecule has 1 fully saturated rings. The fraction of sp³-hybridized carbons (Fsp3) is 0.647. The maximum Gasteiger partial charge on any atom is 0.0816 e. The molecule has 1 N–H and O–H groups in total. The molecular weight excluding hydrogens is 284 g/mol. The Morgan fingerprint density at radius 2 is 2.00 bits per heavy atom. The molecule has 1 aromatic carbocycles. The molecule has 0 saturated carbocycles. The monoisotopic (exact) mass is 310 g/mol. The van der Waals surface area contributed by atoms with Crippen LogP contribution < -0.4 is 0 Å². The van der Waals surface area contributed by atoms with Crippen molar-refractivity contribution in [3.05, 3.63) is 34.9 Å². The summed E-state index contributed by atoms with van der Waals surface area (Å²) in [5.74, 6) is 0. The number of rotatable bonds is 6. The van der Waals surface area contributed by atoms with Crippen LogP contribution in [0.15, 0.2) is 24.3 Å². The number of aliphatic hydroxyl groups is 1. The van der Waals surface area contributed by atoms with Crippen LogP contribution in [0, 0.1) is 0 Å². The number of hydrogen-bond acceptors (Lipinski definition) is 3. The van der Waals surface area contributed by atoms with Crippen LogP contribution in [0.4, 0.5) is 0 Å². The van der Waals surface area contributed by atoms with Crippen molar-refractivity contribution >= 4 is 11.6 Å². The van der Waals surface area contributed by atoms with Crippen molar-refractivity contribution in [1.82, 2.24) is 9.80 Å². The first kappa shape index (κ1) is 16.8. The van der Waals surface area contributed by atoms with Crippen molar-refractivity contribution in [1.29, 1.82) is 0 Å². The third-order valence-corrected chi connectivity index (χ3v) is 4.99. The summed E-state index contributed by atoms with van der Waals surface area (Å²) in [6.45, 7) is 6.67. The van der Waals surface area contributed by atoms with Crippen molar-refractivity contribution in [2.45, 2.75) is 38.3 Å². The van der Waals surface area contributed by atoms with Gasteiger partial charge in [0.2, 0.25) is 0 Å². The van der Waals surface area contributed by atoms with E-state index < -0.39 is 6.10 Å². The Morgan fingerprint density at radius 3 is 2.62 bits per heavy atom. The summed E-state index contributed by atoms with van der Waals surface area (Å²) in [4.78, 5) is 4.90. The zero-order valence-corrected chi connectivity index (χ0v) is 13.9. The number of halogens is 1. The molecule has 1 aliphatic rings. The summed E-state index contributed by atoms with van der Waals surface area (Å²) in [7, 11) is 2.17. The zero-order chi connectivity index (χ0) is 15.2. The molecule has 0 aromatic heterocycles. The number of benzene rings is 1. The fourth-order valence-electron chi connectivity index (χ4n) is 3.09. The van der Waals surface area contributed by atoms with Crippen LogP contribution in [0.25, 0.3) is 0 Å². The van der Waals surface area contributed by atoms with E-state index in [2.05, 4.69) is 23.8 Å². The topological polar surface area (TPSA) is 26.7 Å². The Kier molecular flexibility index (Phi) is 6.49. The average molecular weight is 311 g/mol. The van der Waals surface area contributed by atoms with E-state index in [0.29, 0.717) is 11.1 Å². The Labute approximate surface area is 133 Å². The van der Waals surface area contributed by atoms with Crippen molar-refractivity contribution in [3.63, 3.8) is 0 Å². The van der Waals surface area contributed by atoms with Crippen molar-refractivity contribution < 1.29 is 5.11 Å². The van der Waals surface area contributed by atoms with Crippen LogP contribution in [0.3, 0.4) is 0 Å². The molecule has 0 bridgehead atoms. The molecule has 1 atom stereocenters. The summed E-state index contributed by atoms with van der Waals surface area (Å²) < 4.78 is 0. The highest BCUT2D eigenvalue weighted by Gasteiger charge is 2.22. The lowest BCUT2D eigenvalue weighted by atomic mass is 10.0. The maximum absolute atomic E-state index is 10.3. The first-order valence-corrected chi connectivity index (χ1v) is 8.34. The molecule has 0 spiro atoms. The summed E-state index contributed by atoms with van der Waals surface area (Å²) >= 11 is 6.14. The number of likely N-dealkylation sites (tertiary alicyclic amines) is 1. The maximum atomic E-state index is 10.3. The van der Waals surface area contributed by atoms with E-state index in [0.717, 1.165) is 25.1 Å². The van der Waals surface area contributed by atoms with Gasteiger partial charge in [-0.3, -0.25) is 0 Å². The molecule has 0 radical (unpaired) electrons. The second-order valence-electron chi connectivity index (χ2n) is 5.97. The molecule has 21 heavy (non-hydrogen) atoms. The van der Waals surface area contributed by atoms with Gasteiger partial charge >= 0.3 is 0 Å². The minimum Gasteiger partial charge on any atom is -0.388 e. The molecule has 118 valence electrons. The number of aliphatic hydroxyl groups excluding tert-OH is 1.